The first-order valence-electron chi connectivity index (χ1n) is 9.35. The Morgan fingerprint density at radius 2 is 1.96 bits per heavy atom. The summed E-state index contributed by atoms with van der Waals surface area (Å²) in [5.41, 5.74) is 3.96. The molecule has 0 aliphatic carbocycles. The molecule has 8 heteroatoms. The number of nitrogens with one attached hydrogen (secondary N) is 2. The fourth-order valence-corrected chi connectivity index (χ4v) is 3.64. The molecule has 3 aromatic rings. The number of amides is 1. The van der Waals surface area contributed by atoms with Gasteiger partial charge in [-0.3, -0.25) is 4.79 Å². The fraction of sp³-hybridized carbons (Fsp3) is 0.350. The Hall–Kier alpha value is -2.80. The van der Waals surface area contributed by atoms with Crippen LogP contribution in [0.5, 0.6) is 6.01 Å². The number of carbonyl (C=O) groups excluding carboxylic acids is 1. The highest BCUT2D eigenvalue weighted by molar-refractivity contribution is 6.33. The molecule has 7 nitrogen and oxygen atoms in total. The average Bonchev–Trinajstić information content (AvgIpc) is 3.36. The van der Waals surface area contributed by atoms with Crippen LogP contribution in [-0.2, 0) is 4.79 Å². The fourth-order valence-electron chi connectivity index (χ4n) is 3.38. The summed E-state index contributed by atoms with van der Waals surface area (Å²) < 4.78 is 5.54. The van der Waals surface area contributed by atoms with Crippen molar-refractivity contribution >= 4 is 34.4 Å². The standard InChI is InChI=1S/C20H22ClN5O2/c1-12(19(27)22-2)28-20-23-16-11-15(21)17(24-18(16)25-20)13-5-7-14(8-6-13)26-9-3-4-10-26/h5-8,11-12H,3-4,9-10H2,1-2H3,(H,22,27)(H,23,24,25). The summed E-state index contributed by atoms with van der Waals surface area (Å²) in [5.74, 6) is -0.231. The van der Waals surface area contributed by atoms with Gasteiger partial charge in [0.15, 0.2) is 11.8 Å². The molecule has 0 spiro atoms. The van der Waals surface area contributed by atoms with Crippen molar-refractivity contribution in [3.8, 4) is 17.3 Å². The van der Waals surface area contributed by atoms with Gasteiger partial charge in [-0.15, -0.1) is 0 Å². The zero-order valence-corrected chi connectivity index (χ0v) is 16.6. The maximum Gasteiger partial charge on any atom is 0.296 e. The molecule has 1 saturated heterocycles. The van der Waals surface area contributed by atoms with E-state index in [4.69, 9.17) is 16.3 Å². The van der Waals surface area contributed by atoms with Crippen LogP contribution in [0.4, 0.5) is 5.69 Å². The third-order valence-electron chi connectivity index (χ3n) is 4.92. The second-order valence-corrected chi connectivity index (χ2v) is 7.25. The van der Waals surface area contributed by atoms with E-state index in [9.17, 15) is 4.79 Å². The number of hydrogen-bond donors (Lipinski definition) is 2. The number of ether oxygens (including phenoxy) is 1. The lowest BCUT2D eigenvalue weighted by Crippen LogP contribution is -2.33. The number of rotatable bonds is 5. The van der Waals surface area contributed by atoms with E-state index >= 15 is 0 Å². The molecule has 0 radical (unpaired) electrons. The summed E-state index contributed by atoms with van der Waals surface area (Å²) in [6, 6.07) is 10.3. The second-order valence-electron chi connectivity index (χ2n) is 6.85. The van der Waals surface area contributed by atoms with Crippen molar-refractivity contribution in [2.45, 2.75) is 25.9 Å². The van der Waals surface area contributed by atoms with Crippen molar-refractivity contribution in [2.24, 2.45) is 0 Å². The van der Waals surface area contributed by atoms with Crippen LogP contribution in [-0.4, -0.2) is 47.1 Å². The van der Waals surface area contributed by atoms with Gasteiger partial charge >= 0.3 is 0 Å². The van der Waals surface area contributed by atoms with Gasteiger partial charge < -0.3 is 19.9 Å². The molecular weight excluding hydrogens is 378 g/mol. The maximum absolute atomic E-state index is 11.6. The van der Waals surface area contributed by atoms with E-state index in [1.165, 1.54) is 18.5 Å². The van der Waals surface area contributed by atoms with Crippen LogP contribution in [0.2, 0.25) is 5.02 Å². The molecule has 1 aliphatic rings. The molecule has 1 fully saturated rings. The number of aromatic nitrogens is 3. The van der Waals surface area contributed by atoms with Crippen LogP contribution in [0.25, 0.3) is 22.4 Å². The summed E-state index contributed by atoms with van der Waals surface area (Å²) in [6.45, 7) is 3.86. The van der Waals surface area contributed by atoms with Crippen LogP contribution in [0.15, 0.2) is 30.3 Å². The number of nitrogens with zero attached hydrogens (tertiary/aromatic N) is 3. The first kappa shape index (κ1) is 18.6. The monoisotopic (exact) mass is 399 g/mol. The minimum Gasteiger partial charge on any atom is -0.452 e. The van der Waals surface area contributed by atoms with Crippen molar-refractivity contribution in [3.05, 3.63) is 35.4 Å². The third kappa shape index (κ3) is 3.62. The Labute approximate surface area is 168 Å². The first-order chi connectivity index (χ1) is 13.5. The quantitative estimate of drug-likeness (QED) is 0.687. The molecule has 1 amide bonds. The van der Waals surface area contributed by atoms with E-state index < -0.39 is 6.10 Å². The number of imidazole rings is 1. The maximum atomic E-state index is 11.6. The summed E-state index contributed by atoms with van der Waals surface area (Å²) in [6.07, 6.45) is 1.82. The van der Waals surface area contributed by atoms with E-state index in [1.54, 1.807) is 20.0 Å². The summed E-state index contributed by atoms with van der Waals surface area (Å²) in [4.78, 5) is 26.0. The third-order valence-corrected chi connectivity index (χ3v) is 5.21. The van der Waals surface area contributed by atoms with Crippen LogP contribution in [0.1, 0.15) is 19.8 Å². The van der Waals surface area contributed by atoms with Gasteiger partial charge in [-0.05, 0) is 38.0 Å². The van der Waals surface area contributed by atoms with Gasteiger partial charge in [0.1, 0.15) is 0 Å². The van der Waals surface area contributed by atoms with Gasteiger partial charge in [-0.25, -0.2) is 4.98 Å². The minimum atomic E-state index is -0.668. The highest BCUT2D eigenvalue weighted by Crippen LogP contribution is 2.31. The molecule has 1 aliphatic heterocycles. The Morgan fingerprint density at radius 3 is 2.64 bits per heavy atom. The zero-order valence-electron chi connectivity index (χ0n) is 15.8. The van der Waals surface area contributed by atoms with E-state index in [0.717, 1.165) is 18.7 Å². The lowest BCUT2D eigenvalue weighted by Gasteiger charge is -2.17. The molecule has 1 atom stereocenters. The predicted octanol–water partition coefficient (Wildman–Crippen LogP) is 3.39. The molecule has 0 saturated carbocycles. The Bertz CT molecular complexity index is 996. The number of likely N-dealkylation sites (N-methyl/N-ethyl adjacent to an activating group) is 1. The average molecular weight is 400 g/mol. The van der Waals surface area contributed by atoms with E-state index in [2.05, 4.69) is 37.3 Å². The molecule has 2 N–H and O–H groups in total. The lowest BCUT2D eigenvalue weighted by molar-refractivity contribution is -0.126. The van der Waals surface area contributed by atoms with Gasteiger partial charge in [0, 0.05) is 31.4 Å². The van der Waals surface area contributed by atoms with Crippen molar-refractivity contribution in [1.29, 1.82) is 0 Å². The van der Waals surface area contributed by atoms with Crippen LogP contribution in [0, 0.1) is 0 Å². The number of fused-ring (bicyclic) bond motifs is 1. The molecule has 4 rings (SSSR count). The zero-order chi connectivity index (χ0) is 19.7. The van der Waals surface area contributed by atoms with Crippen molar-refractivity contribution in [2.75, 3.05) is 25.0 Å². The Morgan fingerprint density at radius 1 is 1.25 bits per heavy atom. The highest BCUT2D eigenvalue weighted by Gasteiger charge is 2.17. The van der Waals surface area contributed by atoms with Crippen LogP contribution < -0.4 is 15.0 Å². The number of pyridine rings is 1. The number of halogens is 1. The summed E-state index contributed by atoms with van der Waals surface area (Å²) >= 11 is 6.47. The van der Waals surface area contributed by atoms with Crippen LogP contribution in [0.3, 0.4) is 0 Å². The number of hydrogen-bond acceptors (Lipinski definition) is 5. The largest absolute Gasteiger partial charge is 0.452 e. The van der Waals surface area contributed by atoms with E-state index in [-0.39, 0.29) is 11.9 Å². The Balaban J connectivity index is 1.60. The number of aromatic amines is 1. The topological polar surface area (TPSA) is 83.1 Å². The van der Waals surface area contributed by atoms with Gasteiger partial charge in [0.2, 0.25) is 0 Å². The molecule has 3 heterocycles. The van der Waals surface area contributed by atoms with Gasteiger partial charge in [-0.2, -0.15) is 4.98 Å². The first-order valence-corrected chi connectivity index (χ1v) is 9.73. The second kappa shape index (κ2) is 7.67. The molecule has 0 bridgehead atoms. The number of anilines is 1. The smallest absolute Gasteiger partial charge is 0.296 e. The molecule has 28 heavy (non-hydrogen) atoms. The molecule has 1 unspecified atom stereocenters. The number of H-pyrrole nitrogens is 1. The van der Waals surface area contributed by atoms with Gasteiger partial charge in [0.25, 0.3) is 11.9 Å². The minimum absolute atomic E-state index is 0.231. The van der Waals surface area contributed by atoms with Crippen molar-refractivity contribution in [1.82, 2.24) is 20.3 Å². The van der Waals surface area contributed by atoms with Crippen molar-refractivity contribution in [3.63, 3.8) is 0 Å². The van der Waals surface area contributed by atoms with Gasteiger partial charge in [-0.1, -0.05) is 23.7 Å². The SMILES string of the molecule is CNC(=O)C(C)Oc1nc2nc(-c3ccc(N4CCCC4)cc3)c(Cl)cc2[nH]1. The van der Waals surface area contributed by atoms with Gasteiger partial charge in [0.05, 0.1) is 16.2 Å². The molecule has 1 aromatic carbocycles. The molecule has 146 valence electrons. The summed E-state index contributed by atoms with van der Waals surface area (Å²) in [7, 11) is 1.56. The van der Waals surface area contributed by atoms with E-state index in [1.807, 2.05) is 12.1 Å². The van der Waals surface area contributed by atoms with E-state index in [0.29, 0.717) is 21.9 Å². The Kier molecular flexibility index (Phi) is 5.09. The van der Waals surface area contributed by atoms with Crippen molar-refractivity contribution < 1.29 is 9.53 Å². The number of benzene rings is 1. The normalized spacial score (nSPS) is 15.0. The highest BCUT2D eigenvalue weighted by atomic mass is 35.5. The van der Waals surface area contributed by atoms with Crippen LogP contribution >= 0.6 is 11.6 Å². The lowest BCUT2D eigenvalue weighted by atomic mass is 10.1. The summed E-state index contributed by atoms with van der Waals surface area (Å²) in [5, 5.41) is 3.06. The molecular formula is C20H22ClN5O2. The molecule has 2 aromatic heterocycles. The predicted molar refractivity (Wildman–Crippen MR) is 110 cm³/mol. The number of carbonyl (C=O) groups is 1.